The normalized spacial score (nSPS) is 17.8. The number of benzene rings is 1. The Morgan fingerprint density at radius 3 is 2.33 bits per heavy atom. The van der Waals surface area contributed by atoms with E-state index in [1.165, 1.54) is 0 Å². The van der Waals surface area contributed by atoms with Crippen LogP contribution in [0.5, 0.6) is 11.5 Å². The molecule has 2 saturated heterocycles. The van der Waals surface area contributed by atoms with Crippen LogP contribution in [0.25, 0.3) is 0 Å². The van der Waals surface area contributed by atoms with Crippen molar-refractivity contribution in [2.75, 3.05) is 47.0 Å². The SMILES string of the molecule is CCCCCOC(=O)N1CCC2(CCN(C(=O)c3cc(OC)ccc3OC)CC2)C1. The molecule has 0 aromatic heterocycles. The number of carbonyl (C=O) groups is 2. The molecule has 0 N–H and O–H groups in total. The molecule has 7 heteroatoms. The van der Waals surface area contributed by atoms with E-state index >= 15 is 0 Å². The number of amides is 2. The van der Waals surface area contributed by atoms with Gasteiger partial charge >= 0.3 is 6.09 Å². The third-order valence-corrected chi connectivity index (χ3v) is 6.42. The molecule has 2 aliphatic rings. The molecule has 0 unspecified atom stereocenters. The number of ether oxygens (including phenoxy) is 3. The number of methoxy groups -OCH3 is 2. The maximum atomic E-state index is 13.1. The van der Waals surface area contributed by atoms with E-state index in [0.717, 1.165) is 51.6 Å². The third-order valence-electron chi connectivity index (χ3n) is 6.42. The fourth-order valence-electron chi connectivity index (χ4n) is 4.44. The highest BCUT2D eigenvalue weighted by Crippen LogP contribution is 2.41. The molecular formula is C23H34N2O5. The van der Waals surface area contributed by atoms with Crippen molar-refractivity contribution in [3.63, 3.8) is 0 Å². The van der Waals surface area contributed by atoms with E-state index in [9.17, 15) is 9.59 Å². The van der Waals surface area contributed by atoms with Crippen LogP contribution in [0.15, 0.2) is 18.2 Å². The monoisotopic (exact) mass is 418 g/mol. The number of carbonyl (C=O) groups excluding carboxylic acids is 2. The van der Waals surface area contributed by atoms with E-state index in [1.54, 1.807) is 32.4 Å². The summed E-state index contributed by atoms with van der Waals surface area (Å²) in [7, 11) is 3.15. The van der Waals surface area contributed by atoms with Crippen molar-refractivity contribution in [1.82, 2.24) is 9.80 Å². The van der Waals surface area contributed by atoms with Crippen molar-refractivity contribution in [2.24, 2.45) is 5.41 Å². The Morgan fingerprint density at radius 1 is 1.00 bits per heavy atom. The molecule has 30 heavy (non-hydrogen) atoms. The summed E-state index contributed by atoms with van der Waals surface area (Å²) in [4.78, 5) is 29.2. The van der Waals surface area contributed by atoms with Crippen LogP contribution in [0.2, 0.25) is 0 Å². The molecular weight excluding hydrogens is 384 g/mol. The van der Waals surface area contributed by atoms with E-state index in [2.05, 4.69) is 6.92 Å². The fourth-order valence-corrected chi connectivity index (χ4v) is 4.44. The zero-order valence-corrected chi connectivity index (χ0v) is 18.4. The predicted molar refractivity (Wildman–Crippen MR) is 114 cm³/mol. The van der Waals surface area contributed by atoms with Gasteiger partial charge < -0.3 is 24.0 Å². The molecule has 0 radical (unpaired) electrons. The zero-order valence-electron chi connectivity index (χ0n) is 18.4. The van der Waals surface area contributed by atoms with Gasteiger partial charge in [-0.3, -0.25) is 4.79 Å². The molecule has 1 spiro atoms. The molecule has 7 nitrogen and oxygen atoms in total. The van der Waals surface area contributed by atoms with Gasteiger partial charge in [0.15, 0.2) is 0 Å². The number of unbranched alkanes of at least 4 members (excludes halogenated alkanes) is 2. The molecule has 3 rings (SSSR count). The minimum absolute atomic E-state index is 0.0363. The Kier molecular flexibility index (Phi) is 7.45. The molecule has 0 saturated carbocycles. The summed E-state index contributed by atoms with van der Waals surface area (Å²) in [6, 6.07) is 5.28. The fraction of sp³-hybridized carbons (Fsp3) is 0.652. The minimum Gasteiger partial charge on any atom is -0.497 e. The second kappa shape index (κ2) is 10.0. The molecule has 166 valence electrons. The molecule has 1 aromatic rings. The lowest BCUT2D eigenvalue weighted by Crippen LogP contribution is -2.44. The summed E-state index contributed by atoms with van der Waals surface area (Å²) >= 11 is 0. The van der Waals surface area contributed by atoms with Crippen molar-refractivity contribution < 1.29 is 23.8 Å². The van der Waals surface area contributed by atoms with Gasteiger partial charge in [-0.15, -0.1) is 0 Å². The highest BCUT2D eigenvalue weighted by atomic mass is 16.6. The first-order chi connectivity index (χ1) is 14.5. The Hall–Kier alpha value is -2.44. The van der Waals surface area contributed by atoms with E-state index in [4.69, 9.17) is 14.2 Å². The Bertz CT molecular complexity index is 743. The molecule has 2 aliphatic heterocycles. The minimum atomic E-state index is -0.192. The van der Waals surface area contributed by atoms with Crippen molar-refractivity contribution in [1.29, 1.82) is 0 Å². The Balaban J connectivity index is 1.55. The van der Waals surface area contributed by atoms with Gasteiger partial charge in [0.1, 0.15) is 11.5 Å². The summed E-state index contributed by atoms with van der Waals surface area (Å²) in [5.41, 5.74) is 0.619. The number of hydrogen-bond acceptors (Lipinski definition) is 5. The van der Waals surface area contributed by atoms with Crippen LogP contribution in [0, 0.1) is 5.41 Å². The first-order valence-electron chi connectivity index (χ1n) is 10.9. The van der Waals surface area contributed by atoms with Gasteiger partial charge in [-0.1, -0.05) is 19.8 Å². The summed E-state index contributed by atoms with van der Waals surface area (Å²) in [6.07, 6.45) is 5.69. The van der Waals surface area contributed by atoms with Crippen LogP contribution in [0.1, 0.15) is 55.8 Å². The largest absolute Gasteiger partial charge is 0.497 e. The maximum absolute atomic E-state index is 13.1. The van der Waals surface area contributed by atoms with Crippen molar-refractivity contribution in [3.05, 3.63) is 23.8 Å². The van der Waals surface area contributed by atoms with Crippen LogP contribution in [-0.2, 0) is 4.74 Å². The summed E-state index contributed by atoms with van der Waals surface area (Å²) in [5, 5.41) is 0. The van der Waals surface area contributed by atoms with E-state index in [1.807, 2.05) is 9.80 Å². The van der Waals surface area contributed by atoms with Crippen LogP contribution < -0.4 is 9.47 Å². The van der Waals surface area contributed by atoms with Gasteiger partial charge in [0, 0.05) is 26.2 Å². The standard InChI is InChI=1S/C23H34N2O5/c1-4-5-6-15-30-22(27)25-14-11-23(17-25)9-12-24(13-10-23)21(26)19-16-18(28-2)7-8-20(19)29-3/h7-8,16H,4-6,9-15,17H2,1-3H3. The molecule has 2 heterocycles. The van der Waals surface area contributed by atoms with Crippen molar-refractivity contribution in [3.8, 4) is 11.5 Å². The number of nitrogens with zero attached hydrogens (tertiary/aromatic N) is 2. The van der Waals surface area contributed by atoms with Gasteiger partial charge in [0.05, 0.1) is 26.4 Å². The van der Waals surface area contributed by atoms with Crippen LogP contribution in [0.3, 0.4) is 0 Å². The third kappa shape index (κ3) is 4.99. The highest BCUT2D eigenvalue weighted by Gasteiger charge is 2.43. The maximum Gasteiger partial charge on any atom is 0.409 e. The average Bonchev–Trinajstić information content (AvgIpc) is 3.19. The molecule has 0 atom stereocenters. The second-order valence-electron chi connectivity index (χ2n) is 8.35. The first kappa shape index (κ1) is 22.2. The van der Waals surface area contributed by atoms with Gasteiger partial charge in [0.2, 0.25) is 0 Å². The average molecular weight is 419 g/mol. The van der Waals surface area contributed by atoms with Gasteiger partial charge in [0.25, 0.3) is 5.91 Å². The predicted octanol–water partition coefficient (Wildman–Crippen LogP) is 3.96. The quantitative estimate of drug-likeness (QED) is 0.627. The van der Waals surface area contributed by atoms with Crippen molar-refractivity contribution in [2.45, 2.75) is 45.4 Å². The highest BCUT2D eigenvalue weighted by molar-refractivity contribution is 5.97. The second-order valence-corrected chi connectivity index (χ2v) is 8.35. The summed E-state index contributed by atoms with van der Waals surface area (Å²) < 4.78 is 16.1. The topological polar surface area (TPSA) is 68.3 Å². The van der Waals surface area contributed by atoms with E-state index in [-0.39, 0.29) is 17.4 Å². The van der Waals surface area contributed by atoms with Gasteiger partial charge in [-0.2, -0.15) is 0 Å². The zero-order chi connectivity index (χ0) is 21.6. The van der Waals surface area contributed by atoms with Gasteiger partial charge in [-0.05, 0) is 49.3 Å². The molecule has 2 fully saturated rings. The first-order valence-corrected chi connectivity index (χ1v) is 10.9. The van der Waals surface area contributed by atoms with Crippen LogP contribution >= 0.6 is 0 Å². The smallest absolute Gasteiger partial charge is 0.409 e. The number of hydrogen-bond donors (Lipinski definition) is 0. The van der Waals surface area contributed by atoms with E-state index < -0.39 is 0 Å². The molecule has 0 aliphatic carbocycles. The Morgan fingerprint density at radius 2 is 1.70 bits per heavy atom. The lowest BCUT2D eigenvalue weighted by Gasteiger charge is -2.39. The summed E-state index contributed by atoms with van der Waals surface area (Å²) in [6.45, 7) is 5.46. The molecule has 0 bridgehead atoms. The van der Waals surface area contributed by atoms with Gasteiger partial charge in [-0.25, -0.2) is 4.79 Å². The molecule has 2 amide bonds. The summed E-state index contributed by atoms with van der Waals surface area (Å²) in [5.74, 6) is 1.15. The van der Waals surface area contributed by atoms with Crippen LogP contribution in [0.4, 0.5) is 4.79 Å². The van der Waals surface area contributed by atoms with Crippen molar-refractivity contribution >= 4 is 12.0 Å². The number of piperidine rings is 1. The lowest BCUT2D eigenvalue weighted by atomic mass is 9.77. The number of likely N-dealkylation sites (tertiary alicyclic amines) is 2. The Labute approximate surface area is 179 Å². The van der Waals surface area contributed by atoms with Crippen LogP contribution in [-0.4, -0.2) is 68.8 Å². The number of rotatable bonds is 7. The lowest BCUT2D eigenvalue weighted by molar-refractivity contribution is 0.0570. The molecule has 1 aromatic carbocycles. The van der Waals surface area contributed by atoms with E-state index in [0.29, 0.717) is 36.8 Å².